The van der Waals surface area contributed by atoms with Crippen LogP contribution in [0.1, 0.15) is 35.8 Å². The van der Waals surface area contributed by atoms with E-state index in [1.807, 2.05) is 26.0 Å². The molecule has 0 aliphatic rings. The second-order valence-corrected chi connectivity index (χ2v) is 3.48. The summed E-state index contributed by atoms with van der Waals surface area (Å²) < 4.78 is 0. The second-order valence-electron chi connectivity index (χ2n) is 3.48. The van der Waals surface area contributed by atoms with Gasteiger partial charge in [0.05, 0.1) is 0 Å². The van der Waals surface area contributed by atoms with E-state index >= 15 is 0 Å². The summed E-state index contributed by atoms with van der Waals surface area (Å²) in [7, 11) is 0. The quantitative estimate of drug-likeness (QED) is 0.738. The molecule has 1 heterocycles. The van der Waals surface area contributed by atoms with Crippen LogP contribution in [0, 0.1) is 26.2 Å². The van der Waals surface area contributed by atoms with Gasteiger partial charge in [-0.3, -0.25) is 4.98 Å². The van der Waals surface area contributed by atoms with Crippen molar-refractivity contribution in [2.45, 2.75) is 32.7 Å². The Morgan fingerprint density at radius 3 is 2.79 bits per heavy atom. The largest absolute Gasteiger partial charge is 0.324 e. The lowest BCUT2D eigenvalue weighted by Gasteiger charge is -2.12. The maximum absolute atomic E-state index is 6.00. The van der Waals surface area contributed by atoms with E-state index in [0.717, 1.165) is 23.4 Å². The van der Waals surface area contributed by atoms with Gasteiger partial charge in [-0.2, -0.15) is 0 Å². The van der Waals surface area contributed by atoms with Crippen LogP contribution in [-0.4, -0.2) is 4.98 Å². The van der Waals surface area contributed by atoms with Crippen molar-refractivity contribution < 1.29 is 0 Å². The summed E-state index contributed by atoms with van der Waals surface area (Å²) in [4.78, 5) is 4.37. The van der Waals surface area contributed by atoms with E-state index < -0.39 is 0 Å². The van der Waals surface area contributed by atoms with E-state index in [1.165, 1.54) is 0 Å². The van der Waals surface area contributed by atoms with Gasteiger partial charge >= 0.3 is 0 Å². The molecule has 2 heteroatoms. The third-order valence-electron chi connectivity index (χ3n) is 2.27. The van der Waals surface area contributed by atoms with Crippen molar-refractivity contribution in [2.24, 2.45) is 5.73 Å². The fraction of sp³-hybridized carbons (Fsp3) is 0.417. The second kappa shape index (κ2) is 4.78. The highest BCUT2D eigenvalue weighted by molar-refractivity contribution is 5.24. The summed E-state index contributed by atoms with van der Waals surface area (Å²) in [6, 6.07) is 4.04. The van der Waals surface area contributed by atoms with Gasteiger partial charge in [-0.25, -0.2) is 0 Å². The molecule has 74 valence electrons. The molecule has 2 N–H and O–H groups in total. The molecule has 1 aromatic rings. The topological polar surface area (TPSA) is 38.9 Å². The SMILES string of the molecule is C#CCCC(N)c1ccc(C)nc1C. The Morgan fingerprint density at radius 1 is 1.50 bits per heavy atom. The number of aryl methyl sites for hydroxylation is 2. The van der Waals surface area contributed by atoms with Gasteiger partial charge in [-0.1, -0.05) is 6.07 Å². The van der Waals surface area contributed by atoms with Crippen molar-refractivity contribution in [1.29, 1.82) is 0 Å². The Hall–Kier alpha value is -1.33. The van der Waals surface area contributed by atoms with E-state index in [-0.39, 0.29) is 6.04 Å². The number of aromatic nitrogens is 1. The minimum absolute atomic E-state index is 0.0131. The summed E-state index contributed by atoms with van der Waals surface area (Å²) in [6.07, 6.45) is 6.73. The first-order chi connectivity index (χ1) is 6.65. The van der Waals surface area contributed by atoms with Crippen LogP contribution in [-0.2, 0) is 0 Å². The minimum Gasteiger partial charge on any atom is -0.324 e. The molecular weight excluding hydrogens is 172 g/mol. The van der Waals surface area contributed by atoms with Gasteiger partial charge in [-0.15, -0.1) is 12.3 Å². The molecule has 0 spiro atoms. The van der Waals surface area contributed by atoms with Crippen molar-refractivity contribution in [3.8, 4) is 12.3 Å². The van der Waals surface area contributed by atoms with Crippen LogP contribution in [0.2, 0.25) is 0 Å². The Balaban J connectivity index is 2.80. The highest BCUT2D eigenvalue weighted by atomic mass is 14.7. The number of nitrogens with zero attached hydrogens (tertiary/aromatic N) is 1. The lowest BCUT2D eigenvalue weighted by atomic mass is 10.0. The molecule has 1 rings (SSSR count). The standard InChI is InChI=1S/C12H16N2/c1-4-5-6-12(13)11-8-7-9(2)14-10(11)3/h1,7-8,12H,5-6,13H2,2-3H3. The molecule has 0 aliphatic carbocycles. The molecule has 1 unspecified atom stereocenters. The van der Waals surface area contributed by atoms with E-state index in [4.69, 9.17) is 12.2 Å². The number of hydrogen-bond acceptors (Lipinski definition) is 2. The Labute approximate surface area is 85.5 Å². The van der Waals surface area contributed by atoms with E-state index in [2.05, 4.69) is 10.9 Å². The van der Waals surface area contributed by atoms with Crippen LogP contribution >= 0.6 is 0 Å². The van der Waals surface area contributed by atoms with Crippen LogP contribution in [0.25, 0.3) is 0 Å². The van der Waals surface area contributed by atoms with Crippen LogP contribution in [0.15, 0.2) is 12.1 Å². The van der Waals surface area contributed by atoms with Crippen molar-refractivity contribution in [3.05, 3.63) is 29.1 Å². The highest BCUT2D eigenvalue weighted by Gasteiger charge is 2.08. The molecule has 1 aromatic heterocycles. The lowest BCUT2D eigenvalue weighted by Crippen LogP contribution is -2.12. The average Bonchev–Trinajstić information content (AvgIpc) is 2.14. The molecule has 0 amide bonds. The summed E-state index contributed by atoms with van der Waals surface area (Å²) in [5.41, 5.74) is 9.13. The molecular formula is C12H16N2. The van der Waals surface area contributed by atoms with Gasteiger partial charge in [0, 0.05) is 23.9 Å². The Bertz CT molecular complexity index is 350. The van der Waals surface area contributed by atoms with Crippen molar-refractivity contribution in [3.63, 3.8) is 0 Å². The highest BCUT2D eigenvalue weighted by Crippen LogP contribution is 2.18. The summed E-state index contributed by atoms with van der Waals surface area (Å²) in [6.45, 7) is 3.96. The first-order valence-corrected chi connectivity index (χ1v) is 4.78. The molecule has 1 atom stereocenters. The smallest absolute Gasteiger partial charge is 0.0423 e. The van der Waals surface area contributed by atoms with Gasteiger partial charge in [0.15, 0.2) is 0 Å². The van der Waals surface area contributed by atoms with Crippen LogP contribution in [0.3, 0.4) is 0 Å². The maximum atomic E-state index is 6.00. The fourth-order valence-electron chi connectivity index (χ4n) is 1.48. The average molecular weight is 188 g/mol. The predicted molar refractivity (Wildman–Crippen MR) is 58.7 cm³/mol. The van der Waals surface area contributed by atoms with Gasteiger partial charge in [0.2, 0.25) is 0 Å². The van der Waals surface area contributed by atoms with E-state index in [0.29, 0.717) is 6.42 Å². The summed E-state index contributed by atoms with van der Waals surface area (Å²) in [5, 5.41) is 0. The molecule has 14 heavy (non-hydrogen) atoms. The van der Waals surface area contributed by atoms with Crippen LogP contribution in [0.5, 0.6) is 0 Å². The maximum Gasteiger partial charge on any atom is 0.0423 e. The molecule has 0 radical (unpaired) electrons. The molecule has 0 saturated heterocycles. The number of nitrogens with two attached hydrogens (primary N) is 1. The zero-order valence-electron chi connectivity index (χ0n) is 8.75. The monoisotopic (exact) mass is 188 g/mol. The van der Waals surface area contributed by atoms with Gasteiger partial charge in [0.1, 0.15) is 0 Å². The molecule has 0 aromatic carbocycles. The zero-order valence-corrected chi connectivity index (χ0v) is 8.75. The fourth-order valence-corrected chi connectivity index (χ4v) is 1.48. The Morgan fingerprint density at radius 2 is 2.21 bits per heavy atom. The first-order valence-electron chi connectivity index (χ1n) is 4.78. The normalized spacial score (nSPS) is 12.1. The molecule has 2 nitrogen and oxygen atoms in total. The van der Waals surface area contributed by atoms with Gasteiger partial charge in [0.25, 0.3) is 0 Å². The van der Waals surface area contributed by atoms with Crippen molar-refractivity contribution >= 4 is 0 Å². The van der Waals surface area contributed by atoms with Gasteiger partial charge < -0.3 is 5.73 Å². The Kier molecular flexibility index (Phi) is 3.67. The summed E-state index contributed by atoms with van der Waals surface area (Å²) in [5.74, 6) is 2.60. The van der Waals surface area contributed by atoms with Gasteiger partial charge in [-0.05, 0) is 31.9 Å². The van der Waals surface area contributed by atoms with E-state index in [9.17, 15) is 0 Å². The van der Waals surface area contributed by atoms with Crippen molar-refractivity contribution in [2.75, 3.05) is 0 Å². The first kappa shape index (κ1) is 10.7. The summed E-state index contributed by atoms with van der Waals surface area (Å²) >= 11 is 0. The minimum atomic E-state index is 0.0131. The predicted octanol–water partition coefficient (Wildman–Crippen LogP) is 2.11. The number of terminal acetylenes is 1. The van der Waals surface area contributed by atoms with Crippen LogP contribution in [0.4, 0.5) is 0 Å². The number of rotatable bonds is 3. The lowest BCUT2D eigenvalue weighted by molar-refractivity contribution is 0.659. The molecule has 0 saturated carbocycles. The number of hydrogen-bond donors (Lipinski definition) is 1. The third kappa shape index (κ3) is 2.58. The van der Waals surface area contributed by atoms with Crippen molar-refractivity contribution in [1.82, 2.24) is 4.98 Å². The van der Waals surface area contributed by atoms with Crippen LogP contribution < -0.4 is 5.73 Å². The molecule has 0 fully saturated rings. The molecule has 0 bridgehead atoms. The molecule has 0 aliphatic heterocycles. The zero-order chi connectivity index (χ0) is 10.6. The van der Waals surface area contributed by atoms with E-state index in [1.54, 1.807) is 0 Å². The third-order valence-corrected chi connectivity index (χ3v) is 2.27. The number of pyridine rings is 1.